The molecule has 1 aromatic carbocycles. The van der Waals surface area contributed by atoms with Crippen molar-refractivity contribution < 1.29 is 24.3 Å². The molecule has 0 radical (unpaired) electrons. The van der Waals surface area contributed by atoms with Crippen LogP contribution in [-0.4, -0.2) is 30.2 Å². The number of esters is 1. The number of phenols is 1. The summed E-state index contributed by atoms with van der Waals surface area (Å²) in [6.45, 7) is 0. The topological polar surface area (TPSA) is 98.9 Å². The minimum absolute atomic E-state index is 0.0475. The molecule has 0 saturated heterocycles. The predicted octanol–water partition coefficient (Wildman–Crippen LogP) is 1.50. The van der Waals surface area contributed by atoms with Crippen LogP contribution in [0.4, 0.5) is 5.69 Å². The Balaban J connectivity index is 3.22. The number of nitro groups is 1. The summed E-state index contributed by atoms with van der Waals surface area (Å²) < 4.78 is 9.19. The normalized spacial score (nSPS) is 10.3. The van der Waals surface area contributed by atoms with E-state index in [1.54, 1.807) is 0 Å². The SMILES string of the molecule is COC(=O)C=Cc1cc(OC)c(O)c([N+](=O)[O-])c1. The van der Waals surface area contributed by atoms with Gasteiger partial charge in [0.2, 0.25) is 5.75 Å². The first-order chi connectivity index (χ1) is 8.49. The van der Waals surface area contributed by atoms with Crippen LogP contribution in [0.15, 0.2) is 18.2 Å². The van der Waals surface area contributed by atoms with Gasteiger partial charge in [-0.3, -0.25) is 10.1 Å². The Morgan fingerprint density at radius 3 is 2.61 bits per heavy atom. The maximum Gasteiger partial charge on any atom is 0.330 e. The van der Waals surface area contributed by atoms with Gasteiger partial charge in [0, 0.05) is 12.1 Å². The van der Waals surface area contributed by atoms with Crippen LogP contribution in [0.1, 0.15) is 5.56 Å². The summed E-state index contributed by atoms with van der Waals surface area (Å²) in [5, 5.41) is 20.2. The lowest BCUT2D eigenvalue weighted by Gasteiger charge is -2.05. The van der Waals surface area contributed by atoms with Crippen LogP contribution < -0.4 is 4.74 Å². The highest BCUT2D eigenvalue weighted by molar-refractivity contribution is 5.87. The van der Waals surface area contributed by atoms with Crippen molar-refractivity contribution in [3.63, 3.8) is 0 Å². The number of carbonyl (C=O) groups is 1. The van der Waals surface area contributed by atoms with Crippen molar-refractivity contribution in [2.45, 2.75) is 0 Å². The number of aromatic hydroxyl groups is 1. The molecule has 0 saturated carbocycles. The van der Waals surface area contributed by atoms with E-state index in [4.69, 9.17) is 4.74 Å². The van der Waals surface area contributed by atoms with E-state index in [1.807, 2.05) is 0 Å². The Bertz CT molecular complexity index is 509. The lowest BCUT2D eigenvalue weighted by atomic mass is 10.1. The van der Waals surface area contributed by atoms with Crippen LogP contribution in [0.25, 0.3) is 6.08 Å². The molecule has 1 rings (SSSR count). The van der Waals surface area contributed by atoms with Crippen LogP contribution in [0.5, 0.6) is 11.5 Å². The average Bonchev–Trinajstić information content (AvgIpc) is 2.36. The first-order valence-electron chi connectivity index (χ1n) is 4.81. The third-order valence-electron chi connectivity index (χ3n) is 2.11. The standard InChI is InChI=1S/C11H11NO6/c1-17-9-6-7(3-4-10(13)18-2)5-8(11(9)14)12(15)16/h3-6,14H,1-2H3. The third-order valence-corrected chi connectivity index (χ3v) is 2.11. The van der Waals surface area contributed by atoms with E-state index in [0.29, 0.717) is 5.56 Å². The highest BCUT2D eigenvalue weighted by Crippen LogP contribution is 2.37. The molecule has 0 heterocycles. The van der Waals surface area contributed by atoms with Gasteiger partial charge in [0.25, 0.3) is 0 Å². The van der Waals surface area contributed by atoms with E-state index in [2.05, 4.69) is 4.74 Å². The van der Waals surface area contributed by atoms with Crippen molar-refractivity contribution in [3.8, 4) is 11.5 Å². The van der Waals surface area contributed by atoms with Crippen LogP contribution in [0.2, 0.25) is 0 Å². The summed E-state index contributed by atoms with van der Waals surface area (Å²) >= 11 is 0. The van der Waals surface area contributed by atoms with Gasteiger partial charge in [-0.25, -0.2) is 4.79 Å². The Labute approximate surface area is 102 Å². The van der Waals surface area contributed by atoms with E-state index in [0.717, 1.165) is 12.1 Å². The number of nitrogens with zero attached hydrogens (tertiary/aromatic N) is 1. The summed E-state index contributed by atoms with van der Waals surface area (Å²) in [7, 11) is 2.49. The van der Waals surface area contributed by atoms with Crippen molar-refractivity contribution >= 4 is 17.7 Å². The fourth-order valence-electron chi connectivity index (χ4n) is 1.24. The molecule has 18 heavy (non-hydrogen) atoms. The van der Waals surface area contributed by atoms with E-state index in [1.165, 1.54) is 26.4 Å². The van der Waals surface area contributed by atoms with E-state index in [-0.39, 0.29) is 5.75 Å². The molecule has 0 fully saturated rings. The lowest BCUT2D eigenvalue weighted by molar-refractivity contribution is -0.386. The highest BCUT2D eigenvalue weighted by Gasteiger charge is 2.19. The second-order valence-corrected chi connectivity index (χ2v) is 3.20. The summed E-state index contributed by atoms with van der Waals surface area (Å²) in [4.78, 5) is 20.9. The smallest absolute Gasteiger partial charge is 0.330 e. The monoisotopic (exact) mass is 253 g/mol. The first-order valence-corrected chi connectivity index (χ1v) is 4.81. The predicted molar refractivity (Wildman–Crippen MR) is 62.4 cm³/mol. The molecule has 0 amide bonds. The molecule has 1 aromatic rings. The molecule has 0 bridgehead atoms. The fourth-order valence-corrected chi connectivity index (χ4v) is 1.24. The highest BCUT2D eigenvalue weighted by atomic mass is 16.6. The fraction of sp³-hybridized carbons (Fsp3) is 0.182. The molecule has 0 aliphatic rings. The number of ether oxygens (including phenoxy) is 2. The summed E-state index contributed by atoms with van der Waals surface area (Å²) in [5.41, 5.74) is -0.166. The number of hydrogen-bond acceptors (Lipinski definition) is 6. The Morgan fingerprint density at radius 2 is 2.11 bits per heavy atom. The van der Waals surface area contributed by atoms with E-state index >= 15 is 0 Å². The maximum absolute atomic E-state index is 10.9. The van der Waals surface area contributed by atoms with Crippen molar-refractivity contribution in [2.24, 2.45) is 0 Å². The van der Waals surface area contributed by atoms with E-state index < -0.39 is 22.3 Å². The van der Waals surface area contributed by atoms with Gasteiger partial charge >= 0.3 is 11.7 Å². The number of rotatable bonds is 4. The van der Waals surface area contributed by atoms with Crippen LogP contribution in [0.3, 0.4) is 0 Å². The number of benzene rings is 1. The first kappa shape index (κ1) is 13.5. The molecule has 0 aromatic heterocycles. The van der Waals surface area contributed by atoms with Gasteiger partial charge in [0.1, 0.15) is 0 Å². The van der Waals surface area contributed by atoms with Crippen molar-refractivity contribution in [1.82, 2.24) is 0 Å². The van der Waals surface area contributed by atoms with Gasteiger partial charge < -0.3 is 14.6 Å². The molecular formula is C11H11NO6. The zero-order valence-corrected chi connectivity index (χ0v) is 9.75. The van der Waals surface area contributed by atoms with Crippen LogP contribution >= 0.6 is 0 Å². The number of methoxy groups -OCH3 is 2. The molecule has 7 heteroatoms. The molecule has 0 aliphatic carbocycles. The van der Waals surface area contributed by atoms with Gasteiger partial charge in [-0.15, -0.1) is 0 Å². The molecule has 7 nitrogen and oxygen atoms in total. The quantitative estimate of drug-likeness (QED) is 0.378. The second-order valence-electron chi connectivity index (χ2n) is 3.20. The lowest BCUT2D eigenvalue weighted by Crippen LogP contribution is -1.95. The van der Waals surface area contributed by atoms with Gasteiger partial charge in [-0.05, 0) is 17.7 Å². The summed E-state index contributed by atoms with van der Waals surface area (Å²) in [6.07, 6.45) is 2.43. The number of nitro benzene ring substituents is 1. The van der Waals surface area contributed by atoms with Crippen molar-refractivity contribution in [2.75, 3.05) is 14.2 Å². The number of phenolic OH excluding ortho intramolecular Hbond substituents is 1. The van der Waals surface area contributed by atoms with Crippen molar-refractivity contribution in [1.29, 1.82) is 0 Å². The summed E-state index contributed by atoms with van der Waals surface area (Å²) in [5.74, 6) is -1.20. The van der Waals surface area contributed by atoms with Crippen molar-refractivity contribution in [3.05, 3.63) is 33.9 Å². The third kappa shape index (κ3) is 2.97. The Morgan fingerprint density at radius 1 is 1.44 bits per heavy atom. The molecule has 0 aliphatic heterocycles. The Hall–Kier alpha value is -2.57. The maximum atomic E-state index is 10.9. The minimum atomic E-state index is -0.743. The van der Waals surface area contributed by atoms with Crippen LogP contribution in [0, 0.1) is 10.1 Å². The summed E-state index contributed by atoms with van der Waals surface area (Å²) in [6, 6.07) is 2.49. The largest absolute Gasteiger partial charge is 0.500 e. The van der Waals surface area contributed by atoms with Gasteiger partial charge in [-0.1, -0.05) is 0 Å². The average molecular weight is 253 g/mol. The molecule has 0 spiro atoms. The molecule has 0 unspecified atom stereocenters. The van der Waals surface area contributed by atoms with Gasteiger partial charge in [0.05, 0.1) is 19.1 Å². The van der Waals surface area contributed by atoms with E-state index in [9.17, 15) is 20.0 Å². The Kier molecular flexibility index (Phi) is 4.25. The van der Waals surface area contributed by atoms with Gasteiger partial charge in [0.15, 0.2) is 5.75 Å². The number of carbonyl (C=O) groups excluding carboxylic acids is 1. The minimum Gasteiger partial charge on any atom is -0.500 e. The zero-order chi connectivity index (χ0) is 13.7. The zero-order valence-electron chi connectivity index (χ0n) is 9.75. The number of hydrogen-bond donors (Lipinski definition) is 1. The van der Waals surface area contributed by atoms with Gasteiger partial charge in [-0.2, -0.15) is 0 Å². The molecule has 96 valence electrons. The molecule has 0 atom stereocenters. The second kappa shape index (κ2) is 5.67. The molecule has 1 N–H and O–H groups in total. The molecular weight excluding hydrogens is 242 g/mol. The van der Waals surface area contributed by atoms with Crippen LogP contribution in [-0.2, 0) is 9.53 Å².